The van der Waals surface area contributed by atoms with Gasteiger partial charge in [-0.3, -0.25) is 4.79 Å². The Balaban J connectivity index is 1.77. The fraction of sp³-hybridized carbons (Fsp3) is 0.263. The van der Waals surface area contributed by atoms with Gasteiger partial charge in [-0.05, 0) is 66.8 Å². The lowest BCUT2D eigenvalue weighted by Gasteiger charge is -2.14. The van der Waals surface area contributed by atoms with Gasteiger partial charge in [0, 0.05) is 4.90 Å². The summed E-state index contributed by atoms with van der Waals surface area (Å²) in [7, 11) is 0. The van der Waals surface area contributed by atoms with E-state index in [1.54, 1.807) is 16.4 Å². The molecular formula is C19H21N5OS2. The highest BCUT2D eigenvalue weighted by Gasteiger charge is 2.20. The van der Waals surface area contributed by atoms with Crippen molar-refractivity contribution >= 4 is 35.1 Å². The van der Waals surface area contributed by atoms with E-state index in [4.69, 9.17) is 0 Å². The van der Waals surface area contributed by atoms with Crippen molar-refractivity contribution in [1.29, 1.82) is 0 Å². The maximum atomic E-state index is 12.7. The smallest absolute Gasteiger partial charge is 0.237 e. The van der Waals surface area contributed by atoms with Gasteiger partial charge in [-0.15, -0.1) is 16.9 Å². The molecule has 3 rings (SSSR count). The van der Waals surface area contributed by atoms with Gasteiger partial charge in [-0.25, -0.2) is 0 Å². The monoisotopic (exact) mass is 399 g/mol. The van der Waals surface area contributed by atoms with E-state index in [0.717, 1.165) is 21.8 Å². The molecule has 0 saturated carbocycles. The molecule has 1 atom stereocenters. The fourth-order valence-electron chi connectivity index (χ4n) is 2.56. The Labute approximate surface area is 167 Å². The van der Waals surface area contributed by atoms with Crippen molar-refractivity contribution in [3.8, 4) is 5.69 Å². The molecule has 1 amide bonds. The molecule has 8 heteroatoms. The number of amides is 1. The highest BCUT2D eigenvalue weighted by atomic mass is 32.2. The van der Waals surface area contributed by atoms with E-state index in [1.807, 2.05) is 56.5 Å². The van der Waals surface area contributed by atoms with Crippen molar-refractivity contribution < 1.29 is 4.79 Å². The molecule has 0 saturated heterocycles. The van der Waals surface area contributed by atoms with E-state index in [1.165, 1.54) is 17.3 Å². The summed E-state index contributed by atoms with van der Waals surface area (Å²) >= 11 is 2.93. The number of para-hydroxylation sites is 1. The molecule has 1 unspecified atom stereocenters. The van der Waals surface area contributed by atoms with Crippen LogP contribution in [-0.2, 0) is 4.79 Å². The second kappa shape index (κ2) is 8.58. The highest BCUT2D eigenvalue weighted by molar-refractivity contribution is 8.00. The topological polar surface area (TPSA) is 72.7 Å². The Morgan fingerprint density at radius 1 is 1.15 bits per heavy atom. The van der Waals surface area contributed by atoms with Gasteiger partial charge in [-0.1, -0.05) is 36.0 Å². The summed E-state index contributed by atoms with van der Waals surface area (Å²) in [5.74, 6) is -0.0861. The molecule has 0 radical (unpaired) electrons. The summed E-state index contributed by atoms with van der Waals surface area (Å²) in [6.07, 6.45) is 1.99. The van der Waals surface area contributed by atoms with Crippen LogP contribution in [0.5, 0.6) is 0 Å². The fourth-order valence-corrected chi connectivity index (χ4v) is 3.92. The second-order valence-corrected chi connectivity index (χ2v) is 8.20. The summed E-state index contributed by atoms with van der Waals surface area (Å²) < 4.78 is 1.69. The number of aryl methyl sites for hydroxylation is 1. The van der Waals surface area contributed by atoms with Gasteiger partial charge < -0.3 is 5.32 Å². The Kier molecular flexibility index (Phi) is 6.18. The van der Waals surface area contributed by atoms with Crippen molar-refractivity contribution in [2.45, 2.75) is 36.1 Å². The first-order chi connectivity index (χ1) is 13.0. The molecule has 1 aromatic heterocycles. The Morgan fingerprint density at radius 2 is 1.93 bits per heavy atom. The Hall–Kier alpha value is -2.32. The molecule has 27 heavy (non-hydrogen) atoms. The average molecular weight is 400 g/mol. The van der Waals surface area contributed by atoms with E-state index in [0.29, 0.717) is 5.16 Å². The third-order valence-electron chi connectivity index (χ3n) is 4.26. The quantitative estimate of drug-likeness (QED) is 0.629. The lowest BCUT2D eigenvalue weighted by atomic mass is 10.1. The zero-order chi connectivity index (χ0) is 19.4. The maximum absolute atomic E-state index is 12.7. The number of thioether (sulfide) groups is 2. The van der Waals surface area contributed by atoms with Gasteiger partial charge >= 0.3 is 0 Å². The van der Waals surface area contributed by atoms with Crippen LogP contribution >= 0.6 is 23.5 Å². The molecule has 1 N–H and O–H groups in total. The molecule has 6 nitrogen and oxygen atoms in total. The first-order valence-electron chi connectivity index (χ1n) is 8.46. The van der Waals surface area contributed by atoms with Gasteiger partial charge in [0.05, 0.1) is 16.6 Å². The molecule has 2 aromatic carbocycles. The SMILES string of the molecule is CSc1ccccc1NC(=O)C(C)Sc1nnnn1-c1cccc(C)c1C. The number of hydrogen-bond acceptors (Lipinski definition) is 6. The molecular weight excluding hydrogens is 378 g/mol. The number of aromatic nitrogens is 4. The molecule has 0 fully saturated rings. The molecule has 3 aromatic rings. The largest absolute Gasteiger partial charge is 0.324 e. The van der Waals surface area contributed by atoms with E-state index in [9.17, 15) is 4.79 Å². The van der Waals surface area contributed by atoms with Crippen molar-refractivity contribution in [2.24, 2.45) is 0 Å². The first-order valence-corrected chi connectivity index (χ1v) is 10.6. The van der Waals surface area contributed by atoms with E-state index in [2.05, 4.69) is 33.8 Å². The number of nitrogens with one attached hydrogen (secondary N) is 1. The third kappa shape index (κ3) is 4.33. The van der Waals surface area contributed by atoms with Crippen LogP contribution in [0.2, 0.25) is 0 Å². The van der Waals surface area contributed by atoms with Crippen molar-refractivity contribution in [1.82, 2.24) is 20.2 Å². The number of hydrogen-bond donors (Lipinski definition) is 1. The Morgan fingerprint density at radius 3 is 2.70 bits per heavy atom. The summed E-state index contributed by atoms with van der Waals surface area (Å²) in [6.45, 7) is 5.94. The Bertz CT molecular complexity index is 957. The lowest BCUT2D eigenvalue weighted by molar-refractivity contribution is -0.115. The molecule has 140 valence electrons. The molecule has 0 aliphatic heterocycles. The standard InChI is InChI=1S/C19H21N5OS2/c1-12-8-7-10-16(13(12)2)24-19(21-22-23-24)27-14(3)18(25)20-15-9-5-6-11-17(15)26-4/h5-11,14H,1-4H3,(H,20,25). The van der Waals surface area contributed by atoms with Crippen LogP contribution in [-0.4, -0.2) is 37.6 Å². The highest BCUT2D eigenvalue weighted by Crippen LogP contribution is 2.28. The van der Waals surface area contributed by atoms with Crippen LogP contribution in [0.3, 0.4) is 0 Å². The lowest BCUT2D eigenvalue weighted by Crippen LogP contribution is -2.23. The predicted octanol–water partition coefficient (Wildman–Crippen LogP) is 4.12. The van der Waals surface area contributed by atoms with E-state index >= 15 is 0 Å². The van der Waals surface area contributed by atoms with Gasteiger partial charge in [0.1, 0.15) is 0 Å². The minimum Gasteiger partial charge on any atom is -0.324 e. The number of anilines is 1. The normalized spacial score (nSPS) is 12.0. The summed E-state index contributed by atoms with van der Waals surface area (Å²) in [5.41, 5.74) is 4.01. The number of rotatable bonds is 6. The average Bonchev–Trinajstić information content (AvgIpc) is 3.12. The van der Waals surface area contributed by atoms with Crippen LogP contribution in [0.25, 0.3) is 5.69 Å². The van der Waals surface area contributed by atoms with Crippen molar-refractivity contribution in [3.63, 3.8) is 0 Å². The van der Waals surface area contributed by atoms with E-state index < -0.39 is 0 Å². The number of benzene rings is 2. The molecule has 0 aliphatic rings. The number of carbonyl (C=O) groups excluding carboxylic acids is 1. The van der Waals surface area contributed by atoms with Gasteiger partial charge in [0.2, 0.25) is 11.1 Å². The maximum Gasteiger partial charge on any atom is 0.237 e. The summed E-state index contributed by atoms with van der Waals surface area (Å²) in [6, 6.07) is 13.8. The zero-order valence-electron chi connectivity index (χ0n) is 15.6. The number of carbonyl (C=O) groups is 1. The van der Waals surface area contributed by atoms with Crippen LogP contribution < -0.4 is 5.32 Å². The van der Waals surface area contributed by atoms with Crippen LogP contribution in [0.4, 0.5) is 5.69 Å². The van der Waals surface area contributed by atoms with Crippen molar-refractivity contribution in [3.05, 3.63) is 53.6 Å². The number of tetrazole rings is 1. The molecule has 0 spiro atoms. The van der Waals surface area contributed by atoms with Crippen LogP contribution in [0.15, 0.2) is 52.5 Å². The summed E-state index contributed by atoms with van der Waals surface area (Å²) in [4.78, 5) is 13.7. The minimum atomic E-state index is -0.352. The first kappa shape index (κ1) is 19.4. The third-order valence-corrected chi connectivity index (χ3v) is 6.09. The molecule has 1 heterocycles. The van der Waals surface area contributed by atoms with Crippen LogP contribution in [0, 0.1) is 13.8 Å². The zero-order valence-corrected chi connectivity index (χ0v) is 17.3. The van der Waals surface area contributed by atoms with Crippen LogP contribution in [0.1, 0.15) is 18.1 Å². The van der Waals surface area contributed by atoms with Crippen molar-refractivity contribution in [2.75, 3.05) is 11.6 Å². The van der Waals surface area contributed by atoms with Gasteiger partial charge in [-0.2, -0.15) is 4.68 Å². The molecule has 0 bridgehead atoms. The number of nitrogens with zero attached hydrogens (tertiary/aromatic N) is 4. The van der Waals surface area contributed by atoms with Gasteiger partial charge in [0.25, 0.3) is 0 Å². The van der Waals surface area contributed by atoms with E-state index in [-0.39, 0.29) is 11.2 Å². The minimum absolute atomic E-state index is 0.0861. The predicted molar refractivity (Wildman–Crippen MR) is 111 cm³/mol. The molecule has 0 aliphatic carbocycles. The second-order valence-electron chi connectivity index (χ2n) is 6.04. The summed E-state index contributed by atoms with van der Waals surface area (Å²) in [5, 5.41) is 15.2. The van der Waals surface area contributed by atoms with Gasteiger partial charge in [0.15, 0.2) is 0 Å².